The van der Waals surface area contributed by atoms with Gasteiger partial charge in [-0.2, -0.15) is 0 Å². The first-order valence-corrected chi connectivity index (χ1v) is 169. The van der Waals surface area contributed by atoms with Crippen LogP contribution in [0.2, 0.25) is 0 Å². The predicted octanol–water partition coefficient (Wildman–Crippen LogP) is 9.82. The molecule has 0 N–H and O–H groups in total. The zero-order chi connectivity index (χ0) is 105. The molecule has 6 aromatic rings. The number of nitrogens with zero attached hydrogens (tertiary/aromatic N) is 1. The molecule has 0 radical (unpaired) electrons. The van der Waals surface area contributed by atoms with E-state index >= 15 is 0 Å². The Labute approximate surface area is 1150 Å². The molecule has 6 aromatic carbocycles. The van der Waals surface area contributed by atoms with Gasteiger partial charge >= 0.3 is 7.12 Å². The number of fused-ring (bicyclic) bond motifs is 6. The van der Waals surface area contributed by atoms with Gasteiger partial charge in [-0.1, -0.05) is 98.8 Å². The fourth-order valence-electron chi connectivity index (χ4n) is 8.30. The Morgan fingerprint density at radius 1 is 0.182 bits per heavy atom. The predicted molar refractivity (Wildman–Crippen MR) is 948 cm³/mol. The van der Waals surface area contributed by atoms with Crippen LogP contribution < -0.4 is 10.4 Å². The Kier molecular flexibility index (Phi) is 114. The van der Waals surface area contributed by atoms with Crippen molar-refractivity contribution >= 4 is 970 Å². The Morgan fingerprint density at radius 3 is 0.635 bits per heavy atom. The van der Waals surface area contributed by atoms with Crippen LogP contribution in [-0.4, -0.2) is 18.3 Å². The molecule has 0 spiro atoms. The molecule has 0 aromatic heterocycles. The number of hydrogen-bond acceptors (Lipinski definition) is 5. The van der Waals surface area contributed by atoms with Gasteiger partial charge in [0.1, 0.15) is 0 Å². The Hall–Kier alpha value is 18.3. The summed E-state index contributed by atoms with van der Waals surface area (Å²) in [5, 5.41) is 5.02. The van der Waals surface area contributed by atoms with Crippen LogP contribution in [-0.2, 0) is 934 Å². The zero-order valence-electron chi connectivity index (χ0n) is 68.9. The maximum atomic E-state index is 6.37. The highest BCUT2D eigenvalue weighted by atomic mass is 33.6. The molecule has 1 fully saturated rings. The summed E-state index contributed by atoms with van der Waals surface area (Å²) in [6, 6.07) is 44.4. The van der Waals surface area contributed by atoms with Crippen molar-refractivity contribution in [3.63, 3.8) is 0 Å². The minimum absolute atomic E-state index is 0.0868. The number of hydrogen-bond donors (Lipinski definition) is 0. The summed E-state index contributed by atoms with van der Waals surface area (Å²) in [6.07, 6.45) is 0. The van der Waals surface area contributed by atoms with Crippen LogP contribution in [0.3, 0.4) is 0 Å². The van der Waals surface area contributed by atoms with Crippen molar-refractivity contribution in [1.82, 2.24) is 0 Å². The van der Waals surface area contributed by atoms with Gasteiger partial charge in [0.15, 0.2) is 0 Å². The summed E-state index contributed by atoms with van der Waals surface area (Å²) in [4.78, 5) is 2.38. The molecule has 8 rings (SSSR count). The highest BCUT2D eigenvalue weighted by molar-refractivity contribution is 8.88. The largest absolute Gasteiger partial charge is 0.494 e. The molecule has 2 aliphatic rings. The van der Waals surface area contributed by atoms with Crippen LogP contribution in [0.25, 0.3) is 32.7 Å². The first kappa shape index (κ1) is 153. The smallest absolute Gasteiger partial charge is 0.399 e. The summed E-state index contributed by atoms with van der Waals surface area (Å²) in [5.41, 5.74) is 8.90. The van der Waals surface area contributed by atoms with E-state index in [1.807, 2.05) is 773 Å². The minimum Gasteiger partial charge on any atom is -0.399 e. The molecule has 0 unspecified atom stereocenters. The highest BCUT2D eigenvalue weighted by Crippen LogP contribution is 2.51. The van der Waals surface area contributed by atoms with E-state index in [2.05, 4.69) is 168 Å². The van der Waals surface area contributed by atoms with E-state index in [1.165, 1.54) is 61.6 Å². The molecule has 0 bridgehead atoms. The topological polar surface area (TPSA) is 21.7 Å². The van der Waals surface area contributed by atoms with Crippen LogP contribution in [0.1, 0.15) is 52.7 Å². The Morgan fingerprint density at radius 2 is 0.378 bits per heavy atom. The summed E-state index contributed by atoms with van der Waals surface area (Å²) in [5.74, 6) is 0. The van der Waals surface area contributed by atoms with Crippen molar-refractivity contribution < 1.29 is 9.31 Å². The molecule has 1 aliphatic carbocycles. The fourth-order valence-corrected chi connectivity index (χ4v) is 280. The molecule has 148 heavy (non-hydrogen) atoms. The first-order valence-electron chi connectivity index (χ1n) is 33.0. The second-order valence-electron chi connectivity index (χ2n) is 21.0. The molecule has 0 saturated carbocycles. The maximum Gasteiger partial charge on any atom is 0.494 e. The van der Waals surface area contributed by atoms with E-state index in [9.17, 15) is 0 Å². The monoisotopic (exact) mass is 3880 g/mol. The highest BCUT2D eigenvalue weighted by Gasteiger charge is 2.51. The minimum atomic E-state index is -0.397. The van der Waals surface area contributed by atoms with Gasteiger partial charge in [0.2, 0.25) is 0 Å². The van der Waals surface area contributed by atoms with Crippen LogP contribution in [0.15, 0.2) is 121 Å². The number of benzene rings is 6. The lowest BCUT2D eigenvalue weighted by Crippen LogP contribution is -2.41. The van der Waals surface area contributed by atoms with E-state index in [4.69, 9.17) is 31.7 Å². The lowest BCUT2D eigenvalue weighted by molar-refractivity contribution is 0.00578. The average Bonchev–Trinajstić information content (AvgIpc) is 1.57. The Bertz CT molecular complexity index is 11000. The van der Waals surface area contributed by atoms with Crippen LogP contribution >= 0.6 is 0 Å². The van der Waals surface area contributed by atoms with Crippen molar-refractivity contribution in [3.8, 4) is 11.1 Å². The SMILES string of the molecule is CC1(C)c2ccccc2-c2ccc(N(c3ccc(B4OC(C)(C)C(C)(C)O4)cc3)c3ccc4c(ccc5ccccc54)c3)cc21.S=S=S=S=S=S=S=S=S=S=S=S=S=S=S=S=S=S=S=S=S=S=S=S=S=S=S=S=S=S=S=S=S=S=S=S=S=S=S=S=S=S=S=S=S=S=S=S=S=S=S=S=S=S=S=S=S=S=S=S=S=S=S=S=S=S=S=S=S=S=S=S=S=S=S=S=S=S=S=S=S=S=S=S=S=S=S=S=S=S=S=S=S=S=S=S=S=S=S=S=S=S=S. The summed E-state index contributed by atoms with van der Waals surface area (Å²) >= 11 is 9.66. The maximum absolute atomic E-state index is 6.37. The lowest BCUT2D eigenvalue weighted by Gasteiger charge is -2.32. The number of rotatable bonds is 4. The quantitative estimate of drug-likeness (QED) is 0.129. The average molecular weight is 3890 g/mol. The van der Waals surface area contributed by atoms with Crippen LogP contribution in [0.5, 0.6) is 0 Å². The summed E-state index contributed by atoms with van der Waals surface area (Å²) in [7, 11) is 182. The van der Waals surface area contributed by atoms with E-state index in [0.717, 1.165) is 22.5 Å². The third kappa shape index (κ3) is 78.5. The molecule has 0 atom stereocenters. The standard InChI is InChI=1S/C41H38BNO2.S103/c1-39(2)37-14-10-9-13-35(37)36-24-22-32(26-38(36)39)43(30-19-17-29(18-20-30)42-44-40(3,4)41(5,6)45-42)31-21-23-34-28(25-31)16-15-27-11-7-8-12-33(27)34;1-3-5-7-9-11-13-15-17-19-21-23-25-27-29-31-33-35-37-39-41-43-45-47-49-51-53-55-57-59-61-63-65-67-69-71-73-75-77-79-81-83-85-87-89-91-93-95-97-99-101-103-102-100-98-96-94-92-90-88-86-84-82-80-78-76-74-72-70-68-66-64-62-60-58-56-54-52-50-48-46-44-42-40-38-36-34-32-30-28-26-24-22-20-18-16-14-12-10-8-6-4-2/h7-26H,1-6H3;. The van der Waals surface area contributed by atoms with Gasteiger partial charge in [-0.25, -0.2) is 0 Å². The fraction of sp³-hybridized carbons (Fsp3) is 0.220. The van der Waals surface area contributed by atoms with Gasteiger partial charge in [0.25, 0.3) is 0 Å². The van der Waals surface area contributed by atoms with Crippen LogP contribution in [0, 0.1) is 0 Å². The third-order valence-corrected chi connectivity index (χ3v) is 235. The first-order chi connectivity index (χ1) is 72.9. The molecule has 840 valence electrons. The van der Waals surface area contributed by atoms with Gasteiger partial charge in [0.05, 0.1) is 11.2 Å². The van der Waals surface area contributed by atoms with Gasteiger partial charge in [-0.05, 0) is 113 Å². The zero-order valence-corrected chi connectivity index (χ0v) is 153. The molecule has 3 nitrogen and oxygen atoms in total. The summed E-state index contributed by atoms with van der Waals surface area (Å²) in [6.45, 7) is 13.1. The van der Waals surface area contributed by atoms with Crippen LogP contribution in [0.4, 0.5) is 17.1 Å². The second-order valence-corrected chi connectivity index (χ2v) is 200. The number of anilines is 3. The summed E-state index contributed by atoms with van der Waals surface area (Å²) < 4.78 is 12.7. The molecule has 1 heterocycles. The van der Waals surface area contributed by atoms with Crippen molar-refractivity contribution in [2.24, 2.45) is 0 Å². The normalized spacial score (nSPS) is 10.8. The van der Waals surface area contributed by atoms with Crippen molar-refractivity contribution in [1.29, 1.82) is 0 Å². The van der Waals surface area contributed by atoms with Gasteiger partial charge in [-0.3, -0.25) is 0 Å². The van der Waals surface area contributed by atoms with E-state index in [1.54, 1.807) is 107 Å². The van der Waals surface area contributed by atoms with E-state index in [0.29, 0.717) is 0 Å². The molecule has 0 amide bonds. The van der Waals surface area contributed by atoms with Crippen molar-refractivity contribution in [3.05, 3.63) is 132 Å². The third-order valence-electron chi connectivity index (χ3n) is 13.3. The van der Waals surface area contributed by atoms with Gasteiger partial charge in [-0.15, -0.1) is 0 Å². The van der Waals surface area contributed by atoms with Gasteiger partial charge < -0.3 is 14.2 Å². The molecular formula is C41H38BNO2S103. The van der Waals surface area contributed by atoms with E-state index in [-0.39, 0.29) is 16.6 Å². The molecular weight excluding hydrogens is 3850 g/mol. The molecule has 107 heteroatoms. The second kappa shape index (κ2) is 110. The lowest BCUT2D eigenvalue weighted by atomic mass is 9.79. The van der Waals surface area contributed by atoms with Crippen molar-refractivity contribution in [2.75, 3.05) is 4.90 Å². The molecule has 1 saturated heterocycles. The van der Waals surface area contributed by atoms with E-state index < -0.39 is 7.12 Å². The molecule has 1 aliphatic heterocycles. The van der Waals surface area contributed by atoms with Gasteiger partial charge in [0, 0.05) is 942 Å². The Balaban J connectivity index is 0.000000534. The van der Waals surface area contributed by atoms with Crippen molar-refractivity contribution in [2.45, 2.75) is 58.2 Å².